The smallest absolute Gasteiger partial charge is 0.338 e. The molecule has 3 aromatic rings. The first-order valence-electron chi connectivity index (χ1n) is 9.52. The summed E-state index contributed by atoms with van der Waals surface area (Å²) in [5.74, 6) is 0.288. The van der Waals surface area contributed by atoms with Crippen molar-refractivity contribution in [2.24, 2.45) is 5.92 Å². The average Bonchev–Trinajstić information content (AvgIpc) is 3.33. The highest BCUT2D eigenvalue weighted by atomic mass is 19.4. The monoisotopic (exact) mass is 403 g/mol. The zero-order chi connectivity index (χ0) is 20.8. The number of aromatic nitrogens is 2. The number of aryl methyl sites for hydroxylation is 1. The number of carbonyl (C=O) groups excluding carboxylic acids is 1. The summed E-state index contributed by atoms with van der Waals surface area (Å²) in [6.45, 7) is 5.14. The second-order valence-corrected chi connectivity index (χ2v) is 7.40. The fourth-order valence-electron chi connectivity index (χ4n) is 3.79. The number of benzene rings is 1. The quantitative estimate of drug-likeness (QED) is 0.611. The summed E-state index contributed by atoms with van der Waals surface area (Å²) in [5, 5.41) is 4.41. The highest BCUT2D eigenvalue weighted by Crippen LogP contribution is 2.34. The molecular weight excluding hydrogens is 383 g/mol. The van der Waals surface area contributed by atoms with E-state index in [1.165, 1.54) is 12.1 Å². The number of halogens is 3. The Balaban J connectivity index is 1.81. The maximum Gasteiger partial charge on any atom is 0.416 e. The summed E-state index contributed by atoms with van der Waals surface area (Å²) >= 11 is 0. The summed E-state index contributed by atoms with van der Waals surface area (Å²) in [7, 11) is 0. The highest BCUT2D eigenvalue weighted by Gasteiger charge is 2.31. The number of likely N-dealkylation sites (tertiary alicyclic amines) is 1. The molecule has 1 unspecified atom stereocenters. The lowest BCUT2D eigenvalue weighted by atomic mass is 10.0. The van der Waals surface area contributed by atoms with Gasteiger partial charge in [0.1, 0.15) is 0 Å². The molecule has 29 heavy (non-hydrogen) atoms. The van der Waals surface area contributed by atoms with Gasteiger partial charge in [-0.05, 0) is 37.5 Å². The minimum atomic E-state index is -4.47. The van der Waals surface area contributed by atoms with Crippen LogP contribution in [0.5, 0.6) is 0 Å². The number of rotatable bonds is 3. The Labute approximate surface area is 165 Å². The molecule has 1 aromatic carbocycles. The van der Waals surface area contributed by atoms with Crippen LogP contribution in [0, 0.1) is 12.8 Å². The normalized spacial score (nSPS) is 17.3. The maximum absolute atomic E-state index is 13.2. The van der Waals surface area contributed by atoms with Gasteiger partial charge in [0.15, 0.2) is 0 Å². The summed E-state index contributed by atoms with van der Waals surface area (Å²) in [6.07, 6.45) is -2.52. The van der Waals surface area contributed by atoms with Gasteiger partial charge in [0.25, 0.3) is 11.6 Å². The molecule has 1 atom stereocenters. The van der Waals surface area contributed by atoms with E-state index in [1.807, 2.05) is 0 Å². The van der Waals surface area contributed by atoms with Crippen LogP contribution in [0.15, 0.2) is 34.9 Å². The molecule has 0 N–H and O–H groups in total. The third-order valence-electron chi connectivity index (χ3n) is 5.48. The lowest BCUT2D eigenvalue weighted by Gasteiger charge is -2.17. The van der Waals surface area contributed by atoms with Crippen molar-refractivity contribution < 1.29 is 22.5 Å². The molecule has 0 saturated carbocycles. The third-order valence-corrected chi connectivity index (χ3v) is 5.48. The predicted molar refractivity (Wildman–Crippen MR) is 101 cm³/mol. The molecule has 0 bridgehead atoms. The van der Waals surface area contributed by atoms with E-state index in [0.29, 0.717) is 35.7 Å². The van der Waals surface area contributed by atoms with Gasteiger partial charge < -0.3 is 9.42 Å². The molecule has 1 fully saturated rings. The van der Waals surface area contributed by atoms with Crippen molar-refractivity contribution in [3.8, 4) is 11.3 Å². The van der Waals surface area contributed by atoms with Crippen molar-refractivity contribution in [3.63, 3.8) is 0 Å². The lowest BCUT2D eigenvalue weighted by Crippen LogP contribution is -2.29. The second-order valence-electron chi connectivity index (χ2n) is 7.40. The number of carbonyl (C=O) groups is 1. The van der Waals surface area contributed by atoms with E-state index in [-0.39, 0.29) is 22.9 Å². The minimum Gasteiger partial charge on any atom is -0.338 e. The van der Waals surface area contributed by atoms with Crippen LogP contribution in [-0.2, 0) is 6.18 Å². The molecule has 0 radical (unpaired) electrons. The van der Waals surface area contributed by atoms with Crippen molar-refractivity contribution in [1.82, 2.24) is 15.0 Å². The molecule has 152 valence electrons. The van der Waals surface area contributed by atoms with Crippen molar-refractivity contribution in [3.05, 3.63) is 47.2 Å². The Hall–Kier alpha value is -2.90. The SMILES string of the molecule is CCC1CCN(C(=O)c2cc(-c3cccc(C(F)(F)F)c3)nc3onc(C)c23)C1. The summed E-state index contributed by atoms with van der Waals surface area (Å²) in [5.41, 5.74) is 0.762. The Bertz CT molecular complexity index is 1070. The number of hydrogen-bond acceptors (Lipinski definition) is 4. The van der Waals surface area contributed by atoms with E-state index in [2.05, 4.69) is 17.1 Å². The topological polar surface area (TPSA) is 59.2 Å². The molecular formula is C21H20F3N3O2. The Morgan fingerprint density at radius 1 is 1.31 bits per heavy atom. The van der Waals surface area contributed by atoms with Crippen molar-refractivity contribution in [1.29, 1.82) is 0 Å². The molecule has 5 nitrogen and oxygen atoms in total. The second kappa shape index (κ2) is 7.17. The van der Waals surface area contributed by atoms with Gasteiger partial charge in [-0.2, -0.15) is 13.2 Å². The van der Waals surface area contributed by atoms with Gasteiger partial charge in [-0.1, -0.05) is 30.6 Å². The van der Waals surface area contributed by atoms with Crippen molar-refractivity contribution in [2.45, 2.75) is 32.9 Å². The van der Waals surface area contributed by atoms with Crippen LogP contribution in [0.1, 0.15) is 41.4 Å². The Morgan fingerprint density at radius 2 is 2.10 bits per heavy atom. The molecule has 0 spiro atoms. The van der Waals surface area contributed by atoms with E-state index in [1.54, 1.807) is 17.9 Å². The largest absolute Gasteiger partial charge is 0.416 e. The fraction of sp³-hybridized carbons (Fsp3) is 0.381. The molecule has 0 aliphatic carbocycles. The molecule has 4 rings (SSSR count). The molecule has 2 aromatic heterocycles. The van der Waals surface area contributed by atoms with Crippen LogP contribution in [0.2, 0.25) is 0 Å². The summed E-state index contributed by atoms with van der Waals surface area (Å²) in [6, 6.07) is 6.42. The summed E-state index contributed by atoms with van der Waals surface area (Å²) in [4.78, 5) is 19.3. The van der Waals surface area contributed by atoms with E-state index < -0.39 is 11.7 Å². The van der Waals surface area contributed by atoms with Gasteiger partial charge >= 0.3 is 6.18 Å². The number of pyridine rings is 1. The zero-order valence-corrected chi connectivity index (χ0v) is 16.1. The number of alkyl halides is 3. The van der Waals surface area contributed by atoms with Crippen LogP contribution in [0.4, 0.5) is 13.2 Å². The van der Waals surface area contributed by atoms with Gasteiger partial charge in [0, 0.05) is 18.7 Å². The van der Waals surface area contributed by atoms with Crippen molar-refractivity contribution >= 4 is 17.0 Å². The molecule has 3 heterocycles. The van der Waals surface area contributed by atoms with Gasteiger partial charge in [-0.15, -0.1) is 0 Å². The highest BCUT2D eigenvalue weighted by molar-refractivity contribution is 6.07. The lowest BCUT2D eigenvalue weighted by molar-refractivity contribution is -0.137. The van der Waals surface area contributed by atoms with Gasteiger partial charge in [-0.3, -0.25) is 4.79 Å². The average molecular weight is 403 g/mol. The minimum absolute atomic E-state index is 0.145. The standard InChI is InChI=1S/C21H20F3N3O2/c1-3-13-7-8-27(11-13)20(28)16-10-17(25-19-18(16)12(2)26-29-19)14-5-4-6-15(9-14)21(22,23)24/h4-6,9-10,13H,3,7-8,11H2,1-2H3. The van der Waals surface area contributed by atoms with Gasteiger partial charge in [0.05, 0.1) is 27.9 Å². The van der Waals surface area contributed by atoms with Crippen LogP contribution in [0.25, 0.3) is 22.4 Å². The van der Waals surface area contributed by atoms with E-state index in [4.69, 9.17) is 4.52 Å². The Morgan fingerprint density at radius 3 is 2.79 bits per heavy atom. The van der Waals surface area contributed by atoms with E-state index in [0.717, 1.165) is 25.0 Å². The molecule has 1 aliphatic heterocycles. The maximum atomic E-state index is 13.2. The molecule has 1 aliphatic rings. The van der Waals surface area contributed by atoms with Crippen molar-refractivity contribution in [2.75, 3.05) is 13.1 Å². The van der Waals surface area contributed by atoms with E-state index in [9.17, 15) is 18.0 Å². The third kappa shape index (κ3) is 3.59. The molecule has 8 heteroatoms. The first-order chi connectivity index (χ1) is 13.8. The number of hydrogen-bond donors (Lipinski definition) is 0. The van der Waals surface area contributed by atoms with Crippen LogP contribution in [-0.4, -0.2) is 34.0 Å². The summed E-state index contributed by atoms with van der Waals surface area (Å²) < 4.78 is 44.6. The number of nitrogens with zero attached hydrogens (tertiary/aromatic N) is 3. The number of fused-ring (bicyclic) bond motifs is 1. The van der Waals surface area contributed by atoms with Gasteiger partial charge in [0.2, 0.25) is 0 Å². The van der Waals surface area contributed by atoms with Crippen LogP contribution >= 0.6 is 0 Å². The van der Waals surface area contributed by atoms with Crippen LogP contribution in [0.3, 0.4) is 0 Å². The van der Waals surface area contributed by atoms with E-state index >= 15 is 0 Å². The number of amides is 1. The molecule has 1 saturated heterocycles. The first-order valence-corrected chi connectivity index (χ1v) is 9.52. The molecule has 1 amide bonds. The first kappa shape index (κ1) is 19.4. The zero-order valence-electron chi connectivity index (χ0n) is 16.1. The fourth-order valence-corrected chi connectivity index (χ4v) is 3.79. The van der Waals surface area contributed by atoms with Crippen LogP contribution < -0.4 is 0 Å². The Kier molecular flexibility index (Phi) is 4.80. The predicted octanol–water partition coefficient (Wildman–Crippen LogP) is 5.09. The van der Waals surface area contributed by atoms with Gasteiger partial charge in [-0.25, -0.2) is 4.98 Å².